The fourth-order valence-electron chi connectivity index (χ4n) is 3.15. The summed E-state index contributed by atoms with van der Waals surface area (Å²) in [7, 11) is 1.63. The van der Waals surface area contributed by atoms with E-state index in [4.69, 9.17) is 9.15 Å². The van der Waals surface area contributed by atoms with Crippen LogP contribution in [0.5, 0.6) is 11.6 Å². The molecule has 1 aromatic carbocycles. The lowest BCUT2D eigenvalue weighted by Crippen LogP contribution is -2.31. The second kappa shape index (κ2) is 6.28. The van der Waals surface area contributed by atoms with Gasteiger partial charge in [0, 0.05) is 24.4 Å². The number of pyridine rings is 1. The standard InChI is InChI=1S/C20H17N3O4/c1-11-10-13(27-19-15-7-9-26-16(15)6-8-21-19)4-5-14(11)17-12(2)18(24)22-20(25)23(17)3/h4-10H,1-3H3,(H,22,24,25). The van der Waals surface area contributed by atoms with E-state index in [0.717, 1.165) is 16.5 Å². The molecule has 0 amide bonds. The minimum absolute atomic E-state index is 0.385. The summed E-state index contributed by atoms with van der Waals surface area (Å²) in [5.41, 5.74) is 2.60. The molecule has 0 spiro atoms. The molecule has 0 unspecified atom stereocenters. The molecule has 3 heterocycles. The van der Waals surface area contributed by atoms with Crippen molar-refractivity contribution in [3.05, 3.63) is 74.8 Å². The molecule has 7 nitrogen and oxygen atoms in total. The molecule has 7 heteroatoms. The number of hydrogen-bond donors (Lipinski definition) is 1. The van der Waals surface area contributed by atoms with Gasteiger partial charge in [-0.2, -0.15) is 0 Å². The summed E-state index contributed by atoms with van der Waals surface area (Å²) in [5.74, 6) is 1.05. The molecule has 27 heavy (non-hydrogen) atoms. The van der Waals surface area contributed by atoms with E-state index in [1.165, 1.54) is 4.57 Å². The maximum atomic E-state index is 12.0. The average molecular weight is 363 g/mol. The van der Waals surface area contributed by atoms with Crippen LogP contribution in [0.3, 0.4) is 0 Å². The van der Waals surface area contributed by atoms with Crippen molar-refractivity contribution in [1.29, 1.82) is 0 Å². The minimum atomic E-state index is -0.448. The molecule has 0 aliphatic carbocycles. The Bertz CT molecular complexity index is 1250. The lowest BCUT2D eigenvalue weighted by molar-refractivity contribution is 0.468. The van der Waals surface area contributed by atoms with Crippen molar-refractivity contribution in [2.75, 3.05) is 0 Å². The molecular weight excluding hydrogens is 346 g/mol. The van der Waals surface area contributed by atoms with E-state index in [-0.39, 0.29) is 5.56 Å². The van der Waals surface area contributed by atoms with Crippen LogP contribution in [0, 0.1) is 13.8 Å². The Morgan fingerprint density at radius 3 is 2.74 bits per heavy atom. The van der Waals surface area contributed by atoms with E-state index in [9.17, 15) is 9.59 Å². The highest BCUT2D eigenvalue weighted by Crippen LogP contribution is 2.32. The predicted octanol–water partition coefficient (Wildman–Crippen LogP) is 3.29. The highest BCUT2D eigenvalue weighted by atomic mass is 16.5. The van der Waals surface area contributed by atoms with Crippen LogP contribution in [0.25, 0.3) is 22.2 Å². The van der Waals surface area contributed by atoms with Gasteiger partial charge < -0.3 is 9.15 Å². The van der Waals surface area contributed by atoms with E-state index in [1.807, 2.05) is 19.1 Å². The van der Waals surface area contributed by atoms with E-state index in [2.05, 4.69) is 9.97 Å². The number of ether oxygens (including phenoxy) is 1. The van der Waals surface area contributed by atoms with Crippen LogP contribution >= 0.6 is 0 Å². The fraction of sp³-hybridized carbons (Fsp3) is 0.150. The van der Waals surface area contributed by atoms with E-state index in [1.54, 1.807) is 44.6 Å². The van der Waals surface area contributed by atoms with E-state index in [0.29, 0.717) is 28.5 Å². The highest BCUT2D eigenvalue weighted by molar-refractivity contribution is 5.82. The van der Waals surface area contributed by atoms with Gasteiger partial charge in [0.2, 0.25) is 5.88 Å². The second-order valence-electron chi connectivity index (χ2n) is 6.32. The van der Waals surface area contributed by atoms with Crippen LogP contribution in [0.2, 0.25) is 0 Å². The molecule has 0 bridgehead atoms. The van der Waals surface area contributed by atoms with Crippen LogP contribution < -0.4 is 16.0 Å². The number of nitrogens with one attached hydrogen (secondary N) is 1. The van der Waals surface area contributed by atoms with Crippen LogP contribution in [-0.2, 0) is 7.05 Å². The number of furan rings is 1. The average Bonchev–Trinajstić information content (AvgIpc) is 3.12. The maximum Gasteiger partial charge on any atom is 0.328 e. The largest absolute Gasteiger partial charge is 0.464 e. The Morgan fingerprint density at radius 1 is 1.15 bits per heavy atom. The normalized spacial score (nSPS) is 11.1. The number of hydrogen-bond acceptors (Lipinski definition) is 5. The number of rotatable bonds is 3. The number of aromatic amines is 1. The topological polar surface area (TPSA) is 90.1 Å². The third-order valence-electron chi connectivity index (χ3n) is 4.57. The van der Waals surface area contributed by atoms with Crippen molar-refractivity contribution in [3.8, 4) is 22.9 Å². The van der Waals surface area contributed by atoms with Gasteiger partial charge >= 0.3 is 5.69 Å². The van der Waals surface area contributed by atoms with Crippen LogP contribution in [-0.4, -0.2) is 14.5 Å². The first-order valence-electron chi connectivity index (χ1n) is 8.36. The Balaban J connectivity index is 1.78. The van der Waals surface area contributed by atoms with Crippen molar-refractivity contribution >= 4 is 11.0 Å². The first-order valence-corrected chi connectivity index (χ1v) is 8.36. The third kappa shape index (κ3) is 2.83. The number of nitrogens with zero attached hydrogens (tertiary/aromatic N) is 2. The molecular formula is C20H17N3O4. The van der Waals surface area contributed by atoms with Gasteiger partial charge in [0.05, 0.1) is 17.3 Å². The smallest absolute Gasteiger partial charge is 0.328 e. The third-order valence-corrected chi connectivity index (χ3v) is 4.57. The summed E-state index contributed by atoms with van der Waals surface area (Å²) in [5, 5.41) is 0.784. The molecule has 0 aliphatic heterocycles. The number of fused-ring (bicyclic) bond motifs is 1. The molecule has 0 saturated carbocycles. The Labute approximate surface area is 153 Å². The summed E-state index contributed by atoms with van der Waals surface area (Å²) in [6, 6.07) is 9.04. The molecule has 0 aliphatic rings. The van der Waals surface area contributed by atoms with Gasteiger partial charge in [0.15, 0.2) is 0 Å². The summed E-state index contributed by atoms with van der Waals surface area (Å²) in [4.78, 5) is 30.5. The van der Waals surface area contributed by atoms with Gasteiger partial charge in [-0.25, -0.2) is 9.78 Å². The van der Waals surface area contributed by atoms with Gasteiger partial charge in [-0.1, -0.05) is 0 Å². The molecule has 1 N–H and O–H groups in total. The Morgan fingerprint density at radius 2 is 1.96 bits per heavy atom. The fourth-order valence-corrected chi connectivity index (χ4v) is 3.15. The number of aromatic nitrogens is 3. The van der Waals surface area contributed by atoms with Crippen LogP contribution in [0.15, 0.2) is 56.8 Å². The molecule has 4 aromatic rings. The van der Waals surface area contributed by atoms with E-state index >= 15 is 0 Å². The molecule has 4 rings (SSSR count). The number of benzene rings is 1. The Hall–Kier alpha value is -3.61. The van der Waals surface area contributed by atoms with Gasteiger partial charge in [-0.3, -0.25) is 14.3 Å². The van der Waals surface area contributed by atoms with Crippen molar-refractivity contribution in [1.82, 2.24) is 14.5 Å². The van der Waals surface area contributed by atoms with Gasteiger partial charge in [0.25, 0.3) is 5.56 Å². The zero-order chi connectivity index (χ0) is 19.1. The first kappa shape index (κ1) is 16.8. The SMILES string of the molecule is Cc1cc(Oc2nccc3occc23)ccc1-c1c(C)c(=O)[nH]c(=O)n1C. The quantitative estimate of drug-likeness (QED) is 0.603. The number of aryl methyl sites for hydroxylation is 1. The van der Waals surface area contributed by atoms with Crippen molar-refractivity contribution < 1.29 is 9.15 Å². The van der Waals surface area contributed by atoms with Gasteiger partial charge in [0.1, 0.15) is 11.3 Å². The maximum absolute atomic E-state index is 12.0. The zero-order valence-electron chi connectivity index (χ0n) is 15.1. The van der Waals surface area contributed by atoms with Crippen LogP contribution in [0.4, 0.5) is 0 Å². The molecule has 0 atom stereocenters. The van der Waals surface area contributed by atoms with Crippen molar-refractivity contribution in [2.45, 2.75) is 13.8 Å². The van der Waals surface area contributed by atoms with Crippen molar-refractivity contribution in [2.24, 2.45) is 7.05 Å². The Kier molecular flexibility index (Phi) is 3.92. The molecule has 0 radical (unpaired) electrons. The predicted molar refractivity (Wildman–Crippen MR) is 101 cm³/mol. The number of H-pyrrole nitrogens is 1. The zero-order valence-corrected chi connectivity index (χ0v) is 15.1. The van der Waals surface area contributed by atoms with E-state index < -0.39 is 5.69 Å². The summed E-state index contributed by atoms with van der Waals surface area (Å²) < 4.78 is 12.7. The van der Waals surface area contributed by atoms with Gasteiger partial charge in [-0.15, -0.1) is 0 Å². The molecule has 3 aromatic heterocycles. The van der Waals surface area contributed by atoms with Gasteiger partial charge in [-0.05, 0) is 49.7 Å². The lowest BCUT2D eigenvalue weighted by Gasteiger charge is -2.14. The molecule has 136 valence electrons. The molecule has 0 saturated heterocycles. The highest BCUT2D eigenvalue weighted by Gasteiger charge is 2.14. The monoisotopic (exact) mass is 363 g/mol. The second-order valence-corrected chi connectivity index (χ2v) is 6.32. The molecule has 0 fully saturated rings. The van der Waals surface area contributed by atoms with Crippen molar-refractivity contribution in [3.63, 3.8) is 0 Å². The van der Waals surface area contributed by atoms with Crippen LogP contribution in [0.1, 0.15) is 11.1 Å². The first-order chi connectivity index (χ1) is 13.0. The lowest BCUT2D eigenvalue weighted by atomic mass is 10.0. The summed E-state index contributed by atoms with van der Waals surface area (Å²) >= 11 is 0. The summed E-state index contributed by atoms with van der Waals surface area (Å²) in [6.07, 6.45) is 3.21. The summed E-state index contributed by atoms with van der Waals surface area (Å²) in [6.45, 7) is 3.60. The minimum Gasteiger partial charge on any atom is -0.464 e.